The van der Waals surface area contributed by atoms with Crippen LogP contribution in [0, 0.1) is 0 Å². The minimum atomic E-state index is -4.72. The molecule has 0 aliphatic rings. The number of urea groups is 1. The molecule has 126 valence electrons. The molecular weight excluding hydrogens is 325 g/mol. The Hall–Kier alpha value is -2.91. The van der Waals surface area contributed by atoms with Gasteiger partial charge < -0.3 is 0 Å². The zero-order valence-corrected chi connectivity index (χ0v) is 12.2. The smallest absolute Gasteiger partial charge is 0.272 e. The third-order valence-corrected chi connectivity index (χ3v) is 3.04. The molecule has 0 heterocycles. The summed E-state index contributed by atoms with van der Waals surface area (Å²) in [5, 5.41) is 2.65. The fourth-order valence-corrected chi connectivity index (χ4v) is 1.98. The second-order valence-corrected chi connectivity index (χ2v) is 4.60. The van der Waals surface area contributed by atoms with Crippen LogP contribution in [0.15, 0.2) is 54.6 Å². The maximum atomic E-state index is 12.9. The topological polar surface area (TPSA) is 87.5 Å². The summed E-state index contributed by atoms with van der Waals surface area (Å²) in [4.78, 5) is 24.1. The summed E-state index contributed by atoms with van der Waals surface area (Å²) in [5.41, 5.74) is 0.567. The van der Waals surface area contributed by atoms with Gasteiger partial charge in [-0.1, -0.05) is 30.3 Å². The van der Waals surface area contributed by atoms with E-state index in [2.05, 4.69) is 5.53 Å². The summed E-state index contributed by atoms with van der Waals surface area (Å²) >= 11 is 0. The highest BCUT2D eigenvalue weighted by atomic mass is 19.4. The SMILES string of the molecule is NNN(C(=O)NC(=O)c1ccccc1C(F)(F)F)c1ccccc1. The summed E-state index contributed by atoms with van der Waals surface area (Å²) in [6.45, 7) is 0. The number of carbonyl (C=O) groups excluding carboxylic acids is 2. The molecular formula is C15H13F3N4O2. The van der Waals surface area contributed by atoms with Crippen molar-refractivity contribution in [2.75, 3.05) is 5.01 Å². The van der Waals surface area contributed by atoms with Crippen LogP contribution >= 0.6 is 0 Å². The van der Waals surface area contributed by atoms with Crippen LogP contribution in [0.5, 0.6) is 0 Å². The average Bonchev–Trinajstić information content (AvgIpc) is 2.55. The monoisotopic (exact) mass is 338 g/mol. The Labute approximate surface area is 135 Å². The molecule has 0 unspecified atom stereocenters. The van der Waals surface area contributed by atoms with Gasteiger partial charge in [0.05, 0.1) is 16.8 Å². The zero-order chi connectivity index (χ0) is 17.7. The lowest BCUT2D eigenvalue weighted by atomic mass is 10.1. The predicted octanol–water partition coefficient (Wildman–Crippen LogP) is 2.44. The van der Waals surface area contributed by atoms with E-state index in [1.807, 2.05) is 5.32 Å². The number of hydrogen-bond donors (Lipinski definition) is 3. The van der Waals surface area contributed by atoms with Gasteiger partial charge in [-0.2, -0.15) is 18.7 Å². The number of rotatable bonds is 3. The number of nitrogens with one attached hydrogen (secondary N) is 2. The van der Waals surface area contributed by atoms with E-state index >= 15 is 0 Å². The largest absolute Gasteiger partial charge is 0.417 e. The molecule has 0 aliphatic heterocycles. The van der Waals surface area contributed by atoms with Crippen LogP contribution in [-0.2, 0) is 6.18 Å². The number of nitrogens with zero attached hydrogens (tertiary/aromatic N) is 1. The molecule has 0 aliphatic carbocycles. The molecule has 0 radical (unpaired) electrons. The molecule has 2 aromatic rings. The third kappa shape index (κ3) is 3.89. The van der Waals surface area contributed by atoms with Gasteiger partial charge in [0.1, 0.15) is 0 Å². The lowest BCUT2D eigenvalue weighted by Crippen LogP contribution is -2.53. The van der Waals surface area contributed by atoms with E-state index in [0.717, 1.165) is 23.2 Å². The number of alkyl halides is 3. The van der Waals surface area contributed by atoms with Gasteiger partial charge in [0.2, 0.25) is 0 Å². The van der Waals surface area contributed by atoms with Crippen LogP contribution in [0.1, 0.15) is 15.9 Å². The normalized spacial score (nSPS) is 11.0. The first-order chi connectivity index (χ1) is 11.3. The van der Waals surface area contributed by atoms with E-state index in [-0.39, 0.29) is 0 Å². The molecule has 0 spiro atoms. The molecule has 6 nitrogen and oxygen atoms in total. The van der Waals surface area contributed by atoms with Crippen LogP contribution in [0.25, 0.3) is 0 Å². The second-order valence-electron chi connectivity index (χ2n) is 4.60. The molecule has 4 N–H and O–H groups in total. The first kappa shape index (κ1) is 17.4. The summed E-state index contributed by atoms with van der Waals surface area (Å²) in [5.74, 6) is 4.05. The minimum absolute atomic E-state index is 0.300. The standard InChI is InChI=1S/C15H13F3N4O2/c16-15(17,18)12-9-5-4-8-11(12)13(23)20-14(24)22(21-19)10-6-2-1-3-7-10/h1-9,21H,19H2,(H,20,23,24). The fraction of sp³-hybridized carbons (Fsp3) is 0.0667. The van der Waals surface area contributed by atoms with Crippen molar-refractivity contribution in [2.45, 2.75) is 6.18 Å². The molecule has 0 bridgehead atoms. The van der Waals surface area contributed by atoms with E-state index in [4.69, 9.17) is 5.84 Å². The average molecular weight is 338 g/mol. The quantitative estimate of drug-likeness (QED) is 0.592. The van der Waals surface area contributed by atoms with E-state index in [9.17, 15) is 22.8 Å². The predicted molar refractivity (Wildman–Crippen MR) is 80.6 cm³/mol. The maximum absolute atomic E-state index is 12.9. The summed E-state index contributed by atoms with van der Waals surface area (Å²) in [6.07, 6.45) is -4.72. The highest BCUT2D eigenvalue weighted by Gasteiger charge is 2.35. The number of halogens is 3. The molecule has 3 amide bonds. The van der Waals surface area contributed by atoms with Crippen LogP contribution in [0.2, 0.25) is 0 Å². The zero-order valence-electron chi connectivity index (χ0n) is 12.2. The van der Waals surface area contributed by atoms with Crippen molar-refractivity contribution in [3.8, 4) is 0 Å². The molecule has 0 saturated heterocycles. The number of carbonyl (C=O) groups is 2. The van der Waals surface area contributed by atoms with Crippen molar-refractivity contribution in [3.63, 3.8) is 0 Å². The van der Waals surface area contributed by atoms with Gasteiger partial charge in [0.15, 0.2) is 0 Å². The highest BCUT2D eigenvalue weighted by Crippen LogP contribution is 2.31. The number of nitrogens with two attached hydrogens (primary N) is 1. The lowest BCUT2D eigenvalue weighted by molar-refractivity contribution is -0.137. The van der Waals surface area contributed by atoms with E-state index in [1.165, 1.54) is 18.2 Å². The van der Waals surface area contributed by atoms with Crippen molar-refractivity contribution in [1.29, 1.82) is 0 Å². The number of para-hydroxylation sites is 1. The summed E-state index contributed by atoms with van der Waals surface area (Å²) in [6, 6.07) is 11.1. The van der Waals surface area contributed by atoms with E-state index < -0.39 is 29.2 Å². The van der Waals surface area contributed by atoms with Crippen molar-refractivity contribution < 1.29 is 22.8 Å². The molecule has 9 heteroatoms. The van der Waals surface area contributed by atoms with Crippen LogP contribution in [0.3, 0.4) is 0 Å². The summed E-state index contributed by atoms with van der Waals surface area (Å²) < 4.78 is 38.8. The Kier molecular flexibility index (Phi) is 5.17. The highest BCUT2D eigenvalue weighted by molar-refractivity contribution is 6.09. The molecule has 0 saturated carbocycles. The molecule has 0 fully saturated rings. The van der Waals surface area contributed by atoms with Crippen molar-refractivity contribution in [2.24, 2.45) is 5.84 Å². The first-order valence-electron chi connectivity index (χ1n) is 6.67. The molecule has 0 atom stereocenters. The second kappa shape index (κ2) is 7.11. The molecule has 24 heavy (non-hydrogen) atoms. The van der Waals surface area contributed by atoms with Gasteiger partial charge in [0.25, 0.3) is 5.91 Å². The van der Waals surface area contributed by atoms with Gasteiger partial charge in [-0.15, -0.1) is 0 Å². The van der Waals surface area contributed by atoms with Crippen LogP contribution in [-0.4, -0.2) is 11.9 Å². The van der Waals surface area contributed by atoms with Gasteiger partial charge in [-0.25, -0.2) is 9.80 Å². The van der Waals surface area contributed by atoms with Crippen molar-refractivity contribution in [1.82, 2.24) is 10.9 Å². The van der Waals surface area contributed by atoms with E-state index in [1.54, 1.807) is 18.2 Å². The van der Waals surface area contributed by atoms with Crippen LogP contribution in [0.4, 0.5) is 23.7 Å². The number of hydrogen-bond acceptors (Lipinski definition) is 4. The van der Waals surface area contributed by atoms with Gasteiger partial charge in [-0.3, -0.25) is 16.0 Å². The van der Waals surface area contributed by atoms with Gasteiger partial charge in [-0.05, 0) is 24.3 Å². The first-order valence-corrected chi connectivity index (χ1v) is 6.67. The number of anilines is 1. The van der Waals surface area contributed by atoms with Gasteiger partial charge >= 0.3 is 12.2 Å². The molecule has 0 aromatic heterocycles. The van der Waals surface area contributed by atoms with Crippen molar-refractivity contribution in [3.05, 3.63) is 65.7 Å². The number of imide groups is 1. The Morgan fingerprint density at radius 3 is 2.12 bits per heavy atom. The fourth-order valence-electron chi connectivity index (χ4n) is 1.98. The Bertz CT molecular complexity index is 735. The minimum Gasteiger partial charge on any atom is -0.272 e. The Morgan fingerprint density at radius 2 is 1.54 bits per heavy atom. The number of amides is 3. The maximum Gasteiger partial charge on any atom is 0.417 e. The molecule has 2 rings (SSSR count). The number of benzene rings is 2. The number of hydrazine groups is 2. The summed E-state index contributed by atoms with van der Waals surface area (Å²) in [7, 11) is 0. The Balaban J connectivity index is 2.22. The van der Waals surface area contributed by atoms with Gasteiger partial charge in [0, 0.05) is 0 Å². The third-order valence-electron chi connectivity index (χ3n) is 3.04. The van der Waals surface area contributed by atoms with Crippen LogP contribution < -0.4 is 21.7 Å². The Morgan fingerprint density at radius 1 is 0.958 bits per heavy atom. The lowest BCUT2D eigenvalue weighted by Gasteiger charge is -2.21. The van der Waals surface area contributed by atoms with Crippen molar-refractivity contribution >= 4 is 17.6 Å². The van der Waals surface area contributed by atoms with E-state index in [0.29, 0.717) is 5.69 Å². The molecule has 2 aromatic carbocycles.